The largest absolute Gasteiger partial charge is 0.363 e. The number of halogens is 1. The molecule has 0 spiro atoms. The van der Waals surface area contributed by atoms with E-state index in [9.17, 15) is 4.79 Å². The van der Waals surface area contributed by atoms with Crippen LogP contribution in [0.1, 0.15) is 37.3 Å². The minimum atomic E-state index is -0.132. The van der Waals surface area contributed by atoms with Gasteiger partial charge in [0.25, 0.3) is 0 Å². The Labute approximate surface area is 185 Å². The van der Waals surface area contributed by atoms with Crippen LogP contribution in [0.15, 0.2) is 60.9 Å². The molecular weight excluding hydrogens is 418 g/mol. The Bertz CT molecular complexity index is 1050. The molecule has 2 aromatic heterocycles. The van der Waals surface area contributed by atoms with Crippen molar-refractivity contribution in [3.63, 3.8) is 0 Å². The van der Waals surface area contributed by atoms with Crippen LogP contribution in [0.5, 0.6) is 0 Å². The van der Waals surface area contributed by atoms with E-state index in [1.165, 1.54) is 0 Å². The lowest BCUT2D eigenvalue weighted by molar-refractivity contribution is -0.118. The van der Waals surface area contributed by atoms with E-state index in [4.69, 9.17) is 23.8 Å². The van der Waals surface area contributed by atoms with E-state index >= 15 is 0 Å². The van der Waals surface area contributed by atoms with E-state index in [0.717, 1.165) is 17.1 Å². The Kier molecular flexibility index (Phi) is 5.74. The standard InChI is InChI=1S/C22H22ClN5OS/c1-13(2)21(29)26-16-9-8-14(12-15(16)23)28-20(18-7-5-11-25-18)19(27-22(28)30)17-6-3-4-10-24-17/h3-13,19-20,25H,1-2H3,(H,26,29)(H,27,30)/t19-,20+/m1/s1. The second-order valence-corrected chi connectivity index (χ2v) is 8.22. The zero-order valence-electron chi connectivity index (χ0n) is 16.6. The molecule has 0 aliphatic carbocycles. The van der Waals surface area contributed by atoms with Crippen LogP contribution in [0, 0.1) is 5.92 Å². The molecule has 1 aromatic carbocycles. The van der Waals surface area contributed by atoms with Crippen molar-refractivity contribution in [3.05, 3.63) is 77.3 Å². The van der Waals surface area contributed by atoms with Crippen molar-refractivity contribution in [2.45, 2.75) is 25.9 Å². The monoisotopic (exact) mass is 439 g/mol. The number of hydrogen-bond donors (Lipinski definition) is 3. The molecule has 3 aromatic rings. The lowest BCUT2D eigenvalue weighted by Gasteiger charge is -2.27. The number of aromatic amines is 1. The van der Waals surface area contributed by atoms with Crippen molar-refractivity contribution in [3.8, 4) is 0 Å². The predicted molar refractivity (Wildman–Crippen MR) is 124 cm³/mol. The van der Waals surface area contributed by atoms with Crippen LogP contribution in [-0.4, -0.2) is 21.0 Å². The van der Waals surface area contributed by atoms with Crippen LogP contribution < -0.4 is 15.5 Å². The smallest absolute Gasteiger partial charge is 0.226 e. The Balaban J connectivity index is 1.71. The molecular formula is C22H22ClN5OS. The Morgan fingerprint density at radius 3 is 2.70 bits per heavy atom. The van der Waals surface area contributed by atoms with Gasteiger partial charge in [-0.15, -0.1) is 0 Å². The number of thiocarbonyl (C=S) groups is 1. The van der Waals surface area contributed by atoms with Crippen molar-refractivity contribution in [2.75, 3.05) is 10.2 Å². The number of carbonyl (C=O) groups is 1. The number of nitrogens with one attached hydrogen (secondary N) is 3. The normalized spacial score (nSPS) is 18.5. The zero-order valence-corrected chi connectivity index (χ0v) is 18.2. The first-order valence-electron chi connectivity index (χ1n) is 9.70. The van der Waals surface area contributed by atoms with Gasteiger partial charge in [-0.05, 0) is 54.7 Å². The zero-order chi connectivity index (χ0) is 21.3. The second-order valence-electron chi connectivity index (χ2n) is 7.43. The van der Waals surface area contributed by atoms with Gasteiger partial charge in [-0.25, -0.2) is 0 Å². The molecule has 2 atom stereocenters. The van der Waals surface area contributed by atoms with Gasteiger partial charge in [-0.2, -0.15) is 0 Å². The highest BCUT2D eigenvalue weighted by Gasteiger charge is 2.41. The fourth-order valence-electron chi connectivity index (χ4n) is 3.51. The molecule has 1 saturated heterocycles. The van der Waals surface area contributed by atoms with Gasteiger partial charge >= 0.3 is 0 Å². The van der Waals surface area contributed by atoms with Gasteiger partial charge in [-0.1, -0.05) is 31.5 Å². The molecule has 30 heavy (non-hydrogen) atoms. The summed E-state index contributed by atoms with van der Waals surface area (Å²) in [6.07, 6.45) is 3.67. The second kappa shape index (κ2) is 8.45. The molecule has 154 valence electrons. The molecule has 1 amide bonds. The van der Waals surface area contributed by atoms with Gasteiger partial charge in [0.15, 0.2) is 5.11 Å². The number of pyridine rings is 1. The SMILES string of the molecule is CC(C)C(=O)Nc1ccc(N2C(=S)N[C@H](c3ccccn3)[C@@H]2c2ccc[nH]2)cc1Cl. The van der Waals surface area contributed by atoms with Crippen molar-refractivity contribution in [2.24, 2.45) is 5.92 Å². The lowest BCUT2D eigenvalue weighted by atomic mass is 10.0. The van der Waals surface area contributed by atoms with Crippen LogP contribution in [0.4, 0.5) is 11.4 Å². The molecule has 0 radical (unpaired) electrons. The van der Waals surface area contributed by atoms with Crippen molar-refractivity contribution in [1.29, 1.82) is 0 Å². The predicted octanol–water partition coefficient (Wildman–Crippen LogP) is 4.83. The minimum absolute atomic E-state index is 0.0810. The summed E-state index contributed by atoms with van der Waals surface area (Å²) < 4.78 is 0. The topological polar surface area (TPSA) is 73.1 Å². The Hall–Kier alpha value is -2.90. The molecule has 1 fully saturated rings. The number of amides is 1. The third-order valence-electron chi connectivity index (χ3n) is 5.05. The van der Waals surface area contributed by atoms with Gasteiger partial charge < -0.3 is 20.5 Å². The fourth-order valence-corrected chi connectivity index (χ4v) is 4.08. The maximum atomic E-state index is 12.0. The van der Waals surface area contributed by atoms with E-state index in [-0.39, 0.29) is 23.9 Å². The molecule has 1 aliphatic rings. The Morgan fingerprint density at radius 1 is 1.23 bits per heavy atom. The van der Waals surface area contributed by atoms with Crippen molar-refractivity contribution >= 4 is 46.2 Å². The average molecular weight is 440 g/mol. The summed E-state index contributed by atoms with van der Waals surface area (Å²) in [5, 5.41) is 7.30. The first-order chi connectivity index (χ1) is 14.5. The van der Waals surface area contributed by atoms with Gasteiger partial charge in [0.1, 0.15) is 6.04 Å². The first kappa shape index (κ1) is 20.4. The maximum Gasteiger partial charge on any atom is 0.226 e. The molecule has 6 nitrogen and oxygen atoms in total. The number of hydrogen-bond acceptors (Lipinski definition) is 3. The minimum Gasteiger partial charge on any atom is -0.363 e. The van der Waals surface area contributed by atoms with Crippen LogP contribution in [-0.2, 0) is 4.79 Å². The summed E-state index contributed by atoms with van der Waals surface area (Å²) >= 11 is 12.2. The van der Waals surface area contributed by atoms with Gasteiger partial charge in [0.2, 0.25) is 5.91 Å². The van der Waals surface area contributed by atoms with Crippen LogP contribution in [0.25, 0.3) is 0 Å². The number of H-pyrrole nitrogens is 1. The van der Waals surface area contributed by atoms with Crippen molar-refractivity contribution < 1.29 is 4.79 Å². The summed E-state index contributed by atoms with van der Waals surface area (Å²) in [5.74, 6) is -0.213. The molecule has 4 rings (SSSR count). The van der Waals surface area contributed by atoms with Gasteiger partial charge in [0.05, 0.1) is 22.4 Å². The quantitative estimate of drug-likeness (QED) is 0.496. The van der Waals surface area contributed by atoms with Crippen LogP contribution in [0.3, 0.4) is 0 Å². The molecule has 3 heterocycles. The maximum absolute atomic E-state index is 12.0. The van der Waals surface area contributed by atoms with Crippen LogP contribution >= 0.6 is 23.8 Å². The summed E-state index contributed by atoms with van der Waals surface area (Å²) in [7, 11) is 0. The van der Waals surface area contributed by atoms with Crippen LogP contribution in [0.2, 0.25) is 5.02 Å². The van der Waals surface area contributed by atoms with E-state index in [1.807, 2.05) is 67.4 Å². The number of carbonyl (C=O) groups excluding carboxylic acids is 1. The van der Waals surface area contributed by atoms with E-state index < -0.39 is 0 Å². The number of aromatic nitrogens is 2. The van der Waals surface area contributed by atoms with Gasteiger partial charge in [-0.3, -0.25) is 9.78 Å². The summed E-state index contributed by atoms with van der Waals surface area (Å²) in [4.78, 5) is 21.9. The average Bonchev–Trinajstić information content (AvgIpc) is 3.37. The first-order valence-corrected chi connectivity index (χ1v) is 10.5. The van der Waals surface area contributed by atoms with Crippen molar-refractivity contribution in [1.82, 2.24) is 15.3 Å². The van der Waals surface area contributed by atoms with E-state index in [1.54, 1.807) is 12.3 Å². The highest BCUT2D eigenvalue weighted by molar-refractivity contribution is 7.80. The third kappa shape index (κ3) is 3.91. The summed E-state index contributed by atoms with van der Waals surface area (Å²) in [6.45, 7) is 3.68. The summed E-state index contributed by atoms with van der Waals surface area (Å²) in [6, 6.07) is 15.1. The Morgan fingerprint density at radius 2 is 2.07 bits per heavy atom. The molecule has 0 unspecified atom stereocenters. The molecule has 1 aliphatic heterocycles. The van der Waals surface area contributed by atoms with E-state index in [2.05, 4.69) is 20.6 Å². The lowest BCUT2D eigenvalue weighted by Crippen LogP contribution is -2.29. The summed E-state index contributed by atoms with van der Waals surface area (Å²) in [5.41, 5.74) is 3.31. The molecule has 0 bridgehead atoms. The molecule has 0 saturated carbocycles. The highest BCUT2D eigenvalue weighted by Crippen LogP contribution is 2.42. The van der Waals surface area contributed by atoms with E-state index in [0.29, 0.717) is 15.8 Å². The fraction of sp³-hybridized carbons (Fsp3) is 0.227. The number of benzene rings is 1. The number of nitrogens with zero attached hydrogens (tertiary/aromatic N) is 2. The number of rotatable bonds is 5. The molecule has 3 N–H and O–H groups in total. The highest BCUT2D eigenvalue weighted by atomic mass is 35.5. The third-order valence-corrected chi connectivity index (χ3v) is 5.68. The molecule has 8 heteroatoms. The van der Waals surface area contributed by atoms with Gasteiger partial charge in [0, 0.05) is 29.7 Å². The number of anilines is 2.